The largest absolute Gasteiger partial charge is 0.489 e. The van der Waals surface area contributed by atoms with E-state index in [4.69, 9.17) is 4.74 Å². The first-order valence-corrected chi connectivity index (χ1v) is 6.25. The molecule has 1 atom stereocenters. The first-order chi connectivity index (χ1) is 7.79. The molecule has 0 aliphatic heterocycles. The Morgan fingerprint density at radius 1 is 1.38 bits per heavy atom. The van der Waals surface area contributed by atoms with Crippen LogP contribution in [0.2, 0.25) is 0 Å². The predicted octanol–water partition coefficient (Wildman–Crippen LogP) is 2.90. The summed E-state index contributed by atoms with van der Waals surface area (Å²) in [5, 5.41) is 3.52. The van der Waals surface area contributed by atoms with Gasteiger partial charge in [-0.05, 0) is 37.8 Å². The highest BCUT2D eigenvalue weighted by atomic mass is 16.5. The van der Waals surface area contributed by atoms with Gasteiger partial charge < -0.3 is 10.1 Å². The number of benzene rings is 1. The average Bonchev–Trinajstić information content (AvgIpc) is 3.10. The first-order valence-electron chi connectivity index (χ1n) is 6.25. The van der Waals surface area contributed by atoms with Gasteiger partial charge in [-0.3, -0.25) is 0 Å². The monoisotopic (exact) mass is 219 g/mol. The Morgan fingerprint density at radius 3 is 2.75 bits per heavy atom. The molecule has 16 heavy (non-hydrogen) atoms. The molecule has 0 radical (unpaired) electrons. The molecule has 0 amide bonds. The SMILES string of the molecule is CCC(CNC1CC1)Oc1ccccc1C. The molecule has 88 valence electrons. The van der Waals surface area contributed by atoms with Crippen molar-refractivity contribution >= 4 is 0 Å². The van der Waals surface area contributed by atoms with Crippen LogP contribution in [0.1, 0.15) is 31.7 Å². The summed E-state index contributed by atoms with van der Waals surface area (Å²) in [7, 11) is 0. The second-order valence-electron chi connectivity index (χ2n) is 4.60. The van der Waals surface area contributed by atoms with Crippen molar-refractivity contribution in [2.45, 2.75) is 45.3 Å². The molecule has 0 heterocycles. The highest BCUT2D eigenvalue weighted by molar-refractivity contribution is 5.31. The summed E-state index contributed by atoms with van der Waals surface area (Å²) in [4.78, 5) is 0. The zero-order valence-corrected chi connectivity index (χ0v) is 10.2. The zero-order chi connectivity index (χ0) is 11.4. The minimum Gasteiger partial charge on any atom is -0.489 e. The van der Waals surface area contributed by atoms with Crippen LogP contribution in [0.15, 0.2) is 24.3 Å². The third-order valence-electron chi connectivity index (χ3n) is 3.05. The van der Waals surface area contributed by atoms with Crippen LogP contribution in [0.4, 0.5) is 0 Å². The Bertz CT molecular complexity index is 333. The van der Waals surface area contributed by atoms with E-state index in [2.05, 4.69) is 31.3 Å². The Balaban J connectivity index is 1.87. The van der Waals surface area contributed by atoms with Crippen molar-refractivity contribution in [2.24, 2.45) is 0 Å². The number of para-hydroxylation sites is 1. The first kappa shape index (κ1) is 11.5. The van der Waals surface area contributed by atoms with Crippen LogP contribution in [0.5, 0.6) is 5.75 Å². The molecule has 1 aliphatic rings. The maximum absolute atomic E-state index is 6.01. The van der Waals surface area contributed by atoms with Crippen LogP contribution >= 0.6 is 0 Å². The molecule has 0 saturated heterocycles. The maximum atomic E-state index is 6.01. The van der Waals surface area contributed by atoms with E-state index in [1.54, 1.807) is 0 Å². The van der Waals surface area contributed by atoms with Gasteiger partial charge in [-0.15, -0.1) is 0 Å². The van der Waals surface area contributed by atoms with E-state index in [0.29, 0.717) is 6.10 Å². The van der Waals surface area contributed by atoms with Gasteiger partial charge in [-0.25, -0.2) is 0 Å². The fourth-order valence-electron chi connectivity index (χ4n) is 1.72. The molecular formula is C14H21NO. The van der Waals surface area contributed by atoms with Crippen molar-refractivity contribution in [2.75, 3.05) is 6.54 Å². The normalized spacial score (nSPS) is 17.1. The van der Waals surface area contributed by atoms with Crippen LogP contribution in [0.25, 0.3) is 0 Å². The van der Waals surface area contributed by atoms with Gasteiger partial charge in [-0.2, -0.15) is 0 Å². The third kappa shape index (κ3) is 3.24. The van der Waals surface area contributed by atoms with Crippen molar-refractivity contribution in [1.82, 2.24) is 5.32 Å². The van der Waals surface area contributed by atoms with Crippen molar-refractivity contribution in [3.63, 3.8) is 0 Å². The van der Waals surface area contributed by atoms with E-state index in [1.807, 2.05) is 12.1 Å². The average molecular weight is 219 g/mol. The number of nitrogens with one attached hydrogen (secondary N) is 1. The minimum atomic E-state index is 0.293. The van der Waals surface area contributed by atoms with Crippen LogP contribution < -0.4 is 10.1 Å². The van der Waals surface area contributed by atoms with Crippen molar-refractivity contribution in [3.8, 4) is 5.75 Å². The van der Waals surface area contributed by atoms with Crippen LogP contribution in [0, 0.1) is 6.92 Å². The van der Waals surface area contributed by atoms with Gasteiger partial charge in [0, 0.05) is 12.6 Å². The Labute approximate surface area is 98.0 Å². The lowest BCUT2D eigenvalue weighted by atomic mass is 10.2. The number of ether oxygens (including phenoxy) is 1. The van der Waals surface area contributed by atoms with Gasteiger partial charge in [-0.1, -0.05) is 25.1 Å². The predicted molar refractivity (Wildman–Crippen MR) is 66.9 cm³/mol. The maximum Gasteiger partial charge on any atom is 0.122 e. The summed E-state index contributed by atoms with van der Waals surface area (Å²) in [6.07, 6.45) is 4.01. The van der Waals surface area contributed by atoms with Gasteiger partial charge in [0.15, 0.2) is 0 Å². The second kappa shape index (κ2) is 5.35. The molecule has 2 nitrogen and oxygen atoms in total. The zero-order valence-electron chi connectivity index (χ0n) is 10.2. The van der Waals surface area contributed by atoms with E-state index >= 15 is 0 Å². The summed E-state index contributed by atoms with van der Waals surface area (Å²) in [5.41, 5.74) is 1.22. The summed E-state index contributed by atoms with van der Waals surface area (Å²) >= 11 is 0. The number of hydrogen-bond donors (Lipinski definition) is 1. The van der Waals surface area contributed by atoms with E-state index in [9.17, 15) is 0 Å². The number of aryl methyl sites for hydroxylation is 1. The van der Waals surface area contributed by atoms with E-state index in [-0.39, 0.29) is 0 Å². The molecule has 2 rings (SSSR count). The topological polar surface area (TPSA) is 21.3 Å². The summed E-state index contributed by atoms with van der Waals surface area (Å²) in [6.45, 7) is 5.24. The lowest BCUT2D eigenvalue weighted by Crippen LogP contribution is -2.32. The van der Waals surface area contributed by atoms with E-state index in [1.165, 1.54) is 18.4 Å². The van der Waals surface area contributed by atoms with Gasteiger partial charge in [0.05, 0.1) is 0 Å². The van der Waals surface area contributed by atoms with Crippen LogP contribution in [-0.4, -0.2) is 18.7 Å². The molecule has 1 unspecified atom stereocenters. The van der Waals surface area contributed by atoms with Crippen LogP contribution in [-0.2, 0) is 0 Å². The lowest BCUT2D eigenvalue weighted by molar-refractivity contribution is 0.191. The quantitative estimate of drug-likeness (QED) is 0.794. The van der Waals surface area contributed by atoms with Crippen molar-refractivity contribution in [1.29, 1.82) is 0 Å². The molecule has 0 spiro atoms. The van der Waals surface area contributed by atoms with Gasteiger partial charge >= 0.3 is 0 Å². The highest BCUT2D eigenvalue weighted by Crippen LogP contribution is 2.21. The summed E-state index contributed by atoms with van der Waals surface area (Å²) in [5.74, 6) is 1.02. The van der Waals surface area contributed by atoms with Crippen molar-refractivity contribution < 1.29 is 4.74 Å². The minimum absolute atomic E-state index is 0.293. The number of rotatable bonds is 6. The summed E-state index contributed by atoms with van der Waals surface area (Å²) < 4.78 is 6.01. The Morgan fingerprint density at radius 2 is 2.12 bits per heavy atom. The molecular weight excluding hydrogens is 198 g/mol. The molecule has 0 aromatic heterocycles. The second-order valence-corrected chi connectivity index (χ2v) is 4.60. The smallest absolute Gasteiger partial charge is 0.122 e. The Hall–Kier alpha value is -1.02. The fraction of sp³-hybridized carbons (Fsp3) is 0.571. The molecule has 1 fully saturated rings. The number of hydrogen-bond acceptors (Lipinski definition) is 2. The standard InChI is InChI=1S/C14H21NO/c1-3-13(10-15-12-8-9-12)16-14-7-5-4-6-11(14)2/h4-7,12-13,15H,3,8-10H2,1-2H3. The molecule has 2 heteroatoms. The Kier molecular flexibility index (Phi) is 3.83. The van der Waals surface area contributed by atoms with Gasteiger partial charge in [0.2, 0.25) is 0 Å². The van der Waals surface area contributed by atoms with Gasteiger partial charge in [0.25, 0.3) is 0 Å². The van der Waals surface area contributed by atoms with Crippen LogP contribution in [0.3, 0.4) is 0 Å². The fourth-order valence-corrected chi connectivity index (χ4v) is 1.72. The molecule has 1 aromatic rings. The summed E-state index contributed by atoms with van der Waals surface area (Å²) in [6, 6.07) is 8.98. The van der Waals surface area contributed by atoms with E-state index < -0.39 is 0 Å². The molecule has 0 bridgehead atoms. The van der Waals surface area contributed by atoms with Crippen molar-refractivity contribution in [3.05, 3.63) is 29.8 Å². The highest BCUT2D eigenvalue weighted by Gasteiger charge is 2.22. The molecule has 1 N–H and O–H groups in total. The lowest BCUT2D eigenvalue weighted by Gasteiger charge is -2.19. The van der Waals surface area contributed by atoms with Gasteiger partial charge in [0.1, 0.15) is 11.9 Å². The third-order valence-corrected chi connectivity index (χ3v) is 3.05. The molecule has 1 aromatic carbocycles. The van der Waals surface area contributed by atoms with E-state index in [0.717, 1.165) is 24.8 Å². The molecule has 1 aliphatic carbocycles. The molecule has 1 saturated carbocycles.